The van der Waals surface area contributed by atoms with Gasteiger partial charge in [-0.05, 0) is 74.1 Å². The molecule has 2 aliphatic carbocycles. The Morgan fingerprint density at radius 3 is 2.45 bits per heavy atom. The number of methoxy groups -OCH3 is 2. The molecule has 348 valence electrons. The van der Waals surface area contributed by atoms with Gasteiger partial charge in [-0.1, -0.05) is 60.7 Å². The van der Waals surface area contributed by atoms with E-state index >= 15 is 4.79 Å². The number of aromatic nitrogens is 1. The molecule has 16 nitrogen and oxygen atoms in total. The van der Waals surface area contributed by atoms with Crippen LogP contribution in [0.3, 0.4) is 0 Å². The first-order valence-corrected chi connectivity index (χ1v) is 23.8. The molecule has 4 amide bonds. The van der Waals surface area contributed by atoms with E-state index in [0.29, 0.717) is 52.3 Å². The van der Waals surface area contributed by atoms with Gasteiger partial charge >= 0.3 is 6.09 Å². The van der Waals surface area contributed by atoms with Gasteiger partial charge in [0.05, 0.1) is 36.9 Å². The first-order chi connectivity index (χ1) is 32.4. The predicted molar refractivity (Wildman–Crippen MR) is 246 cm³/mol. The molecule has 1 unspecified atom stereocenters. The second kappa shape index (κ2) is 19.0. The third-order valence-electron chi connectivity index (χ3n) is 12.8. The highest BCUT2D eigenvalue weighted by Gasteiger charge is 2.62. The van der Waals surface area contributed by atoms with Crippen molar-refractivity contribution >= 4 is 44.7 Å². The Morgan fingerprint density at radius 1 is 0.881 bits per heavy atom. The summed E-state index contributed by atoms with van der Waals surface area (Å²) >= 11 is 0. The number of carbonyl (C=O) groups is 4. The summed E-state index contributed by atoms with van der Waals surface area (Å²) in [6, 6.07) is 27.2. The lowest BCUT2D eigenvalue weighted by atomic mass is 10.0. The number of nitrogens with zero attached hydrogens (tertiary/aromatic N) is 2. The second-order valence-electron chi connectivity index (χ2n) is 17.2. The Kier molecular flexibility index (Phi) is 12.8. The molecule has 3 fully saturated rings. The van der Waals surface area contributed by atoms with Crippen molar-refractivity contribution in [2.75, 3.05) is 27.4 Å². The number of fused-ring (bicyclic) bond motifs is 5. The van der Waals surface area contributed by atoms with Crippen molar-refractivity contribution in [3.63, 3.8) is 0 Å². The molecule has 67 heavy (non-hydrogen) atoms. The van der Waals surface area contributed by atoms with Gasteiger partial charge in [0.1, 0.15) is 59.4 Å². The lowest BCUT2D eigenvalue weighted by Crippen LogP contribution is -2.58. The Labute approximate surface area is 388 Å². The third kappa shape index (κ3) is 9.87. The van der Waals surface area contributed by atoms with Gasteiger partial charge in [-0.25, -0.2) is 22.9 Å². The summed E-state index contributed by atoms with van der Waals surface area (Å²) < 4.78 is 58.8. The number of benzene rings is 4. The highest BCUT2D eigenvalue weighted by atomic mass is 32.2. The van der Waals surface area contributed by atoms with E-state index in [0.717, 1.165) is 18.4 Å². The largest absolute Gasteiger partial charge is 0.497 e. The summed E-state index contributed by atoms with van der Waals surface area (Å²) in [5.74, 6) is -1.11. The van der Waals surface area contributed by atoms with Gasteiger partial charge < -0.3 is 39.2 Å². The second-order valence-corrected chi connectivity index (χ2v) is 18.9. The summed E-state index contributed by atoms with van der Waals surface area (Å²) in [5.41, 5.74) is 1.00. The van der Waals surface area contributed by atoms with Crippen LogP contribution in [0, 0.1) is 5.92 Å². The summed E-state index contributed by atoms with van der Waals surface area (Å²) in [7, 11) is -1.48. The molecule has 9 rings (SSSR count). The van der Waals surface area contributed by atoms with E-state index in [9.17, 15) is 22.8 Å². The number of nitrogens with one attached hydrogen (secondary N) is 3. The smallest absolute Gasteiger partial charge is 0.408 e. The van der Waals surface area contributed by atoms with Crippen molar-refractivity contribution in [1.29, 1.82) is 0 Å². The van der Waals surface area contributed by atoms with Crippen molar-refractivity contribution in [1.82, 2.24) is 25.2 Å². The van der Waals surface area contributed by atoms with Crippen LogP contribution in [0.15, 0.2) is 120 Å². The zero-order valence-corrected chi connectivity index (χ0v) is 37.8. The fourth-order valence-electron chi connectivity index (χ4n) is 9.13. The van der Waals surface area contributed by atoms with Crippen LogP contribution >= 0.6 is 0 Å². The molecule has 5 aromatic rings. The molecular formula is C50H51N5O11S. The molecule has 0 radical (unpaired) electrons. The van der Waals surface area contributed by atoms with E-state index in [4.69, 9.17) is 28.7 Å². The maximum atomic E-state index is 15.1. The van der Waals surface area contributed by atoms with Crippen LogP contribution in [-0.2, 0) is 35.6 Å². The molecule has 3 N–H and O–H groups in total. The molecule has 5 atom stereocenters. The lowest BCUT2D eigenvalue weighted by molar-refractivity contribution is -0.141. The van der Waals surface area contributed by atoms with E-state index in [1.165, 1.54) is 30.2 Å². The van der Waals surface area contributed by atoms with Crippen molar-refractivity contribution in [2.24, 2.45) is 5.92 Å². The van der Waals surface area contributed by atoms with Crippen LogP contribution in [0.4, 0.5) is 4.79 Å². The van der Waals surface area contributed by atoms with Gasteiger partial charge in [-0.3, -0.25) is 14.4 Å². The number of carbonyl (C=O) groups excluding carboxylic acids is 4. The van der Waals surface area contributed by atoms with Crippen molar-refractivity contribution in [2.45, 2.75) is 79.7 Å². The molecule has 0 spiro atoms. The summed E-state index contributed by atoms with van der Waals surface area (Å²) in [6.07, 6.45) is 4.92. The normalized spacial score (nSPS) is 23.5. The van der Waals surface area contributed by atoms with Gasteiger partial charge in [0, 0.05) is 47.9 Å². The van der Waals surface area contributed by atoms with Gasteiger partial charge in [-0.15, -0.1) is 0 Å². The van der Waals surface area contributed by atoms with Crippen LogP contribution in [0.5, 0.6) is 23.0 Å². The number of amides is 4. The van der Waals surface area contributed by atoms with Gasteiger partial charge in [0.2, 0.25) is 11.8 Å². The number of rotatable bonds is 10. The molecule has 2 saturated carbocycles. The fraction of sp³-hybridized carbons (Fsp3) is 0.340. The standard InChI is InChI=1S/C50H51N5O11S/c1-62-35-17-9-19-39(25-35)67(60,61)54-48(58)50-29-33(50)14-10-22-64-37-18-8-11-31(23-37)24-43(52-49(59)66-34-15-6-7-16-34)47(57)55-30-38(27-44(55)46(56)53-50)65-45-28-41(32-12-4-3-5-13-32)51-42-26-36(63-2)20-21-40(42)45/h3-5,8-14,17-21,23,25-26,28,33-34,38,43-44H,6-7,15-16,22,24,27,29-30H2,1-2H3,(H,52,59)(H,53,56)(H,54,58)/b14-10-/t33?,38-,43-,44+,50+/m1/s1. The minimum atomic E-state index is -4.44. The van der Waals surface area contributed by atoms with E-state index in [2.05, 4.69) is 15.4 Å². The maximum Gasteiger partial charge on any atom is 0.408 e. The van der Waals surface area contributed by atoms with E-state index in [-0.39, 0.29) is 49.2 Å². The Morgan fingerprint density at radius 2 is 1.66 bits per heavy atom. The fourth-order valence-corrected chi connectivity index (χ4v) is 10.2. The van der Waals surface area contributed by atoms with E-state index in [1.54, 1.807) is 55.7 Å². The van der Waals surface area contributed by atoms with Crippen molar-refractivity contribution in [3.8, 4) is 34.3 Å². The minimum absolute atomic E-state index is 0.0236. The zero-order chi connectivity index (χ0) is 46.7. The van der Waals surface area contributed by atoms with Crippen LogP contribution in [0.1, 0.15) is 44.1 Å². The Balaban J connectivity index is 1.08. The van der Waals surface area contributed by atoms with E-state index < -0.39 is 63.5 Å². The quantitative estimate of drug-likeness (QED) is 0.141. The molecule has 3 heterocycles. The van der Waals surface area contributed by atoms with Crippen LogP contribution < -0.4 is 34.3 Å². The number of ether oxygens (including phenoxy) is 5. The van der Waals surface area contributed by atoms with Gasteiger partial charge in [0.15, 0.2) is 0 Å². The maximum absolute atomic E-state index is 15.1. The molecule has 4 aromatic carbocycles. The van der Waals surface area contributed by atoms with E-state index in [1.807, 2.05) is 48.5 Å². The third-order valence-corrected chi connectivity index (χ3v) is 14.1. The predicted octanol–water partition coefficient (Wildman–Crippen LogP) is 5.88. The lowest BCUT2D eigenvalue weighted by Gasteiger charge is -2.30. The number of sulfonamides is 1. The average Bonchev–Trinajstić information content (AvgIpc) is 3.57. The number of hydrogen-bond donors (Lipinski definition) is 3. The van der Waals surface area contributed by atoms with Crippen molar-refractivity contribution < 1.29 is 51.3 Å². The highest BCUT2D eigenvalue weighted by molar-refractivity contribution is 7.90. The summed E-state index contributed by atoms with van der Waals surface area (Å²) in [5, 5.41) is 6.36. The molecule has 4 aliphatic rings. The molecule has 17 heteroatoms. The van der Waals surface area contributed by atoms with Crippen LogP contribution in [-0.4, -0.2) is 99.3 Å². The first kappa shape index (κ1) is 45.0. The Hall–Kier alpha value is -7.14. The average molecular weight is 930 g/mol. The van der Waals surface area contributed by atoms with Crippen molar-refractivity contribution in [3.05, 3.63) is 121 Å². The molecule has 2 bridgehead atoms. The SMILES string of the molecule is COc1cccc(S(=O)(=O)NC(=O)[C@]23CC2/C=C\COc2cccc(c2)C[C@@H](NC(=O)OC2CCCC2)C(=O)N2C[C@H](Oc4cc(-c5ccccc5)nc5cc(OC)ccc45)C[C@H]2C(=O)N3)c1. The molecular weight excluding hydrogens is 879 g/mol. The highest BCUT2D eigenvalue weighted by Crippen LogP contribution is 2.46. The Bertz CT molecular complexity index is 2840. The summed E-state index contributed by atoms with van der Waals surface area (Å²) in [6.45, 7) is -0.0107. The number of alkyl carbamates (subject to hydrolysis) is 1. The molecule has 1 aromatic heterocycles. The molecule has 2 aliphatic heterocycles. The van der Waals surface area contributed by atoms with Gasteiger partial charge in [0.25, 0.3) is 15.9 Å². The first-order valence-electron chi connectivity index (χ1n) is 22.3. The minimum Gasteiger partial charge on any atom is -0.497 e. The molecule has 1 saturated heterocycles. The van der Waals surface area contributed by atoms with Crippen LogP contribution in [0.2, 0.25) is 0 Å². The summed E-state index contributed by atoms with van der Waals surface area (Å²) in [4.78, 5) is 64.0. The van der Waals surface area contributed by atoms with Crippen LogP contribution in [0.25, 0.3) is 22.2 Å². The monoisotopic (exact) mass is 929 g/mol. The topological polar surface area (TPSA) is 201 Å². The number of pyridine rings is 1. The van der Waals surface area contributed by atoms with Gasteiger partial charge in [-0.2, -0.15) is 0 Å². The number of hydrogen-bond acceptors (Lipinski definition) is 12. The zero-order valence-electron chi connectivity index (χ0n) is 37.0.